The second kappa shape index (κ2) is 6.39. The highest BCUT2D eigenvalue weighted by Gasteiger charge is 2.18. The van der Waals surface area contributed by atoms with Crippen LogP contribution in [0.25, 0.3) is 0 Å². The van der Waals surface area contributed by atoms with Crippen molar-refractivity contribution in [2.24, 2.45) is 0 Å². The summed E-state index contributed by atoms with van der Waals surface area (Å²) in [5.74, 6) is -0.0244. The minimum atomic E-state index is -0.102. The van der Waals surface area contributed by atoms with Gasteiger partial charge in [0.15, 0.2) is 10.9 Å². The number of rotatable bonds is 3. The van der Waals surface area contributed by atoms with Crippen LogP contribution in [-0.2, 0) is 9.59 Å². The summed E-state index contributed by atoms with van der Waals surface area (Å²) in [6.45, 7) is 5.96. The van der Waals surface area contributed by atoms with Crippen LogP contribution in [0.5, 0.6) is 0 Å². The number of carbonyl (C=O) groups is 2. The van der Waals surface area contributed by atoms with Crippen molar-refractivity contribution in [3.05, 3.63) is 11.6 Å². The predicted molar refractivity (Wildman–Crippen MR) is 73.1 cm³/mol. The van der Waals surface area contributed by atoms with E-state index in [4.69, 9.17) is 0 Å². The van der Waals surface area contributed by atoms with Crippen LogP contribution in [0.3, 0.4) is 0 Å². The van der Waals surface area contributed by atoms with Crippen molar-refractivity contribution in [2.75, 3.05) is 0 Å². The van der Waals surface area contributed by atoms with Gasteiger partial charge in [0, 0.05) is 4.75 Å². The molecule has 1 saturated carbocycles. The molecular weight excluding hydrogens is 232 g/mol. The van der Waals surface area contributed by atoms with E-state index in [1.807, 2.05) is 20.8 Å². The van der Waals surface area contributed by atoms with Crippen molar-refractivity contribution >= 4 is 22.7 Å². The number of hydrogen-bond acceptors (Lipinski definition) is 3. The monoisotopic (exact) mass is 254 g/mol. The quantitative estimate of drug-likeness (QED) is 0.566. The second-order valence-electron chi connectivity index (χ2n) is 5.59. The van der Waals surface area contributed by atoms with Crippen LogP contribution in [0.1, 0.15) is 59.3 Å². The Morgan fingerprint density at radius 3 is 2.29 bits per heavy atom. The Morgan fingerprint density at radius 2 is 1.76 bits per heavy atom. The summed E-state index contributed by atoms with van der Waals surface area (Å²) in [5.41, 5.74) is 1.23. The first-order valence-corrected chi connectivity index (χ1v) is 7.12. The molecule has 0 N–H and O–H groups in total. The molecule has 0 aromatic rings. The molecule has 0 bridgehead atoms. The minimum absolute atomic E-state index is 0.0184. The molecule has 0 aromatic carbocycles. The van der Waals surface area contributed by atoms with Gasteiger partial charge >= 0.3 is 0 Å². The van der Waals surface area contributed by atoms with Crippen LogP contribution in [0.15, 0.2) is 11.6 Å². The number of thioether (sulfide) groups is 1. The molecule has 0 aliphatic heterocycles. The third kappa shape index (κ3) is 6.67. The zero-order chi connectivity index (χ0) is 12.9. The van der Waals surface area contributed by atoms with E-state index in [1.54, 1.807) is 6.08 Å². The van der Waals surface area contributed by atoms with Crippen molar-refractivity contribution < 1.29 is 9.59 Å². The summed E-state index contributed by atoms with van der Waals surface area (Å²) in [6.07, 6.45) is 7.46. The Hall–Kier alpha value is -0.570. The number of ketones is 1. The van der Waals surface area contributed by atoms with Crippen molar-refractivity contribution in [3.63, 3.8) is 0 Å². The third-order valence-corrected chi connectivity index (χ3v) is 3.58. The summed E-state index contributed by atoms with van der Waals surface area (Å²) in [5, 5.41) is -0.0184. The van der Waals surface area contributed by atoms with E-state index >= 15 is 0 Å². The average Bonchev–Trinajstić information content (AvgIpc) is 2.15. The summed E-state index contributed by atoms with van der Waals surface area (Å²) < 4.78 is -0.102. The molecule has 0 heterocycles. The van der Waals surface area contributed by atoms with E-state index in [1.165, 1.54) is 36.6 Å². The van der Waals surface area contributed by atoms with Gasteiger partial charge in [-0.05, 0) is 31.8 Å². The fourth-order valence-corrected chi connectivity index (χ4v) is 2.85. The lowest BCUT2D eigenvalue weighted by Crippen LogP contribution is -2.14. The zero-order valence-corrected chi connectivity index (χ0v) is 11.9. The molecule has 0 radical (unpaired) electrons. The molecule has 2 nitrogen and oxygen atoms in total. The van der Waals surface area contributed by atoms with E-state index in [2.05, 4.69) is 0 Å². The number of hydrogen-bond donors (Lipinski definition) is 0. The van der Waals surface area contributed by atoms with Gasteiger partial charge in [-0.1, -0.05) is 44.5 Å². The van der Waals surface area contributed by atoms with Gasteiger partial charge in [-0.3, -0.25) is 9.59 Å². The first-order valence-electron chi connectivity index (χ1n) is 6.31. The SMILES string of the molecule is CC(C)(C)SC(=O)CC(=O)C=C1CCCCC1. The Bertz CT molecular complexity index is 316. The fraction of sp³-hybridized carbons (Fsp3) is 0.714. The smallest absolute Gasteiger partial charge is 0.197 e. The topological polar surface area (TPSA) is 34.1 Å². The summed E-state index contributed by atoms with van der Waals surface area (Å²) >= 11 is 1.26. The molecule has 0 saturated heterocycles. The van der Waals surface area contributed by atoms with Crippen LogP contribution >= 0.6 is 11.8 Å². The Labute approximate surface area is 108 Å². The standard InChI is InChI=1S/C14H22O2S/c1-14(2,3)17-13(16)10-12(15)9-11-7-5-4-6-8-11/h9H,4-8,10H2,1-3H3. The molecule has 0 aromatic heterocycles. The maximum absolute atomic E-state index is 11.7. The highest BCUT2D eigenvalue weighted by atomic mass is 32.2. The molecule has 17 heavy (non-hydrogen) atoms. The van der Waals surface area contributed by atoms with Crippen molar-refractivity contribution in [1.29, 1.82) is 0 Å². The van der Waals surface area contributed by atoms with Crippen LogP contribution in [0, 0.1) is 0 Å². The second-order valence-corrected chi connectivity index (χ2v) is 7.48. The third-order valence-electron chi connectivity index (χ3n) is 2.60. The van der Waals surface area contributed by atoms with Crippen LogP contribution < -0.4 is 0 Å². The van der Waals surface area contributed by atoms with Crippen LogP contribution in [0.2, 0.25) is 0 Å². The molecule has 1 rings (SSSR count). The number of allylic oxidation sites excluding steroid dienone is 2. The minimum Gasteiger partial charge on any atom is -0.294 e. The Morgan fingerprint density at radius 1 is 1.18 bits per heavy atom. The van der Waals surface area contributed by atoms with E-state index in [0.717, 1.165) is 12.8 Å². The van der Waals surface area contributed by atoms with Crippen LogP contribution in [0.4, 0.5) is 0 Å². The molecule has 1 aliphatic rings. The molecular formula is C14H22O2S. The molecule has 0 unspecified atom stereocenters. The van der Waals surface area contributed by atoms with Gasteiger partial charge in [0.1, 0.15) is 0 Å². The molecule has 1 aliphatic carbocycles. The van der Waals surface area contributed by atoms with Gasteiger partial charge in [0.25, 0.3) is 0 Å². The van der Waals surface area contributed by atoms with E-state index in [0.29, 0.717) is 0 Å². The average molecular weight is 254 g/mol. The molecule has 0 spiro atoms. The summed E-state index contributed by atoms with van der Waals surface area (Å²) in [4.78, 5) is 23.3. The Balaban J connectivity index is 2.41. The zero-order valence-electron chi connectivity index (χ0n) is 11.0. The highest BCUT2D eigenvalue weighted by molar-refractivity contribution is 8.14. The van der Waals surface area contributed by atoms with Gasteiger partial charge < -0.3 is 0 Å². The normalized spacial score (nSPS) is 16.8. The molecule has 1 fully saturated rings. The maximum atomic E-state index is 11.7. The lowest BCUT2D eigenvalue weighted by molar-refractivity contribution is -0.120. The predicted octanol–water partition coefficient (Wildman–Crippen LogP) is 3.89. The maximum Gasteiger partial charge on any atom is 0.197 e. The van der Waals surface area contributed by atoms with Crippen molar-refractivity contribution in [3.8, 4) is 0 Å². The lowest BCUT2D eigenvalue weighted by atomic mass is 9.94. The first-order chi connectivity index (χ1) is 7.87. The van der Waals surface area contributed by atoms with Gasteiger partial charge in [-0.25, -0.2) is 0 Å². The fourth-order valence-electron chi connectivity index (χ4n) is 1.95. The van der Waals surface area contributed by atoms with Gasteiger partial charge in [-0.2, -0.15) is 0 Å². The molecule has 0 amide bonds. The lowest BCUT2D eigenvalue weighted by Gasteiger charge is -2.15. The first kappa shape index (κ1) is 14.5. The van der Waals surface area contributed by atoms with Crippen molar-refractivity contribution in [1.82, 2.24) is 0 Å². The molecule has 96 valence electrons. The van der Waals surface area contributed by atoms with Crippen molar-refractivity contribution in [2.45, 2.75) is 64.0 Å². The highest BCUT2D eigenvalue weighted by Crippen LogP contribution is 2.26. The summed E-state index contributed by atoms with van der Waals surface area (Å²) in [6, 6.07) is 0. The molecule has 3 heteroatoms. The van der Waals surface area contributed by atoms with E-state index < -0.39 is 0 Å². The summed E-state index contributed by atoms with van der Waals surface area (Å²) in [7, 11) is 0. The largest absolute Gasteiger partial charge is 0.294 e. The number of carbonyl (C=O) groups excluding carboxylic acids is 2. The van der Waals surface area contributed by atoms with E-state index in [9.17, 15) is 9.59 Å². The van der Waals surface area contributed by atoms with Gasteiger partial charge in [0.2, 0.25) is 0 Å². The van der Waals surface area contributed by atoms with Gasteiger partial charge in [0.05, 0.1) is 6.42 Å². The molecule has 0 atom stereocenters. The Kier molecular flexibility index (Phi) is 5.44. The van der Waals surface area contributed by atoms with E-state index in [-0.39, 0.29) is 22.1 Å². The van der Waals surface area contributed by atoms with Crippen LogP contribution in [-0.4, -0.2) is 15.6 Å². The van der Waals surface area contributed by atoms with Gasteiger partial charge in [-0.15, -0.1) is 0 Å².